The van der Waals surface area contributed by atoms with Gasteiger partial charge in [0.2, 0.25) is 0 Å². The fourth-order valence-electron chi connectivity index (χ4n) is 3.97. The van der Waals surface area contributed by atoms with Gasteiger partial charge in [0.15, 0.2) is 0 Å². The molecule has 4 heterocycles. The van der Waals surface area contributed by atoms with E-state index in [-0.39, 0.29) is 12.2 Å². The van der Waals surface area contributed by atoms with E-state index in [1.165, 1.54) is 12.3 Å². The van der Waals surface area contributed by atoms with Crippen LogP contribution in [0.5, 0.6) is 0 Å². The number of halogens is 4. The third-order valence-electron chi connectivity index (χ3n) is 5.24. The van der Waals surface area contributed by atoms with Crippen molar-refractivity contribution in [1.82, 2.24) is 19.5 Å². The maximum absolute atomic E-state index is 14.3. The molecule has 2 bridgehead atoms. The van der Waals surface area contributed by atoms with Crippen molar-refractivity contribution in [3.8, 4) is 0 Å². The summed E-state index contributed by atoms with van der Waals surface area (Å²) in [6.45, 7) is 0. The smallest absolute Gasteiger partial charge is 0.299 e. The first-order valence-electron chi connectivity index (χ1n) is 8.58. The molecule has 2 unspecified atom stereocenters. The molecule has 1 N–H and O–H groups in total. The molecular weight excluding hydrogens is 412 g/mol. The topological polar surface area (TPSA) is 76.9 Å². The Labute approximate surface area is 162 Å². The number of alkyl halides is 3. The first-order chi connectivity index (χ1) is 13.7. The third-order valence-corrected chi connectivity index (χ3v) is 6.85. The summed E-state index contributed by atoms with van der Waals surface area (Å²) >= 11 is 0. The standard InChI is InChI=1S/C18H12F4N4O2S/c19-12-3-1-2-10-16(12)13-6-14-11(17(10)25-13)8-24-26(14)29(27,28)9-4-5-15(23-7-9)18(20,21)22/h1-5,7-8,13,17,25H,6H2. The highest BCUT2D eigenvalue weighted by atomic mass is 32.2. The number of pyridine rings is 1. The lowest BCUT2D eigenvalue weighted by Gasteiger charge is -2.23. The number of nitrogens with zero attached hydrogens (tertiary/aromatic N) is 3. The van der Waals surface area contributed by atoms with E-state index in [4.69, 9.17) is 0 Å². The Kier molecular flexibility index (Phi) is 3.69. The maximum atomic E-state index is 14.3. The second-order valence-corrected chi connectivity index (χ2v) is 8.64. The van der Waals surface area contributed by atoms with Crippen LogP contribution in [0.3, 0.4) is 0 Å². The number of aromatic nitrogens is 3. The fourth-order valence-corrected chi connectivity index (χ4v) is 5.24. The number of rotatable bonds is 2. The van der Waals surface area contributed by atoms with Crippen LogP contribution in [0.25, 0.3) is 0 Å². The van der Waals surface area contributed by atoms with Gasteiger partial charge in [-0.2, -0.15) is 30.8 Å². The van der Waals surface area contributed by atoms with Gasteiger partial charge in [-0.05, 0) is 23.8 Å². The quantitative estimate of drug-likeness (QED) is 0.641. The molecule has 29 heavy (non-hydrogen) atoms. The fraction of sp³-hybridized carbons (Fsp3) is 0.222. The summed E-state index contributed by atoms with van der Waals surface area (Å²) in [6, 6.07) is 5.36. The molecule has 0 fully saturated rings. The van der Waals surface area contributed by atoms with Crippen LogP contribution in [0.15, 0.2) is 47.6 Å². The Hall–Kier alpha value is -2.79. The van der Waals surface area contributed by atoms with E-state index in [0.717, 1.165) is 15.7 Å². The number of fused-ring (bicyclic) bond motifs is 7. The van der Waals surface area contributed by atoms with Crippen molar-refractivity contribution in [3.05, 3.63) is 76.6 Å². The van der Waals surface area contributed by atoms with Gasteiger partial charge in [0.25, 0.3) is 10.0 Å². The summed E-state index contributed by atoms with van der Waals surface area (Å²) in [5.74, 6) is -0.373. The van der Waals surface area contributed by atoms with Crippen LogP contribution in [-0.2, 0) is 22.6 Å². The van der Waals surface area contributed by atoms with Crippen molar-refractivity contribution in [2.75, 3.05) is 0 Å². The first kappa shape index (κ1) is 18.3. The molecule has 0 spiro atoms. The average molecular weight is 424 g/mol. The minimum absolute atomic E-state index is 0.174. The normalized spacial score (nSPS) is 20.4. The van der Waals surface area contributed by atoms with E-state index in [2.05, 4.69) is 15.4 Å². The molecule has 0 amide bonds. The van der Waals surface area contributed by atoms with Gasteiger partial charge in [-0.3, -0.25) is 10.3 Å². The highest BCUT2D eigenvalue weighted by Crippen LogP contribution is 2.45. The molecule has 3 aromatic rings. The molecule has 2 aliphatic rings. The molecule has 0 aliphatic carbocycles. The Morgan fingerprint density at radius 1 is 1.10 bits per heavy atom. The Bertz CT molecular complexity index is 1240. The lowest BCUT2D eigenvalue weighted by atomic mass is 10.0. The summed E-state index contributed by atoms with van der Waals surface area (Å²) in [5, 5.41) is 7.23. The Morgan fingerprint density at radius 2 is 1.90 bits per heavy atom. The zero-order valence-corrected chi connectivity index (χ0v) is 15.3. The number of nitrogens with one attached hydrogen (secondary N) is 1. The van der Waals surface area contributed by atoms with Crippen LogP contribution < -0.4 is 5.32 Å². The summed E-state index contributed by atoms with van der Waals surface area (Å²) in [6.07, 6.45) is -2.45. The van der Waals surface area contributed by atoms with Gasteiger partial charge in [-0.25, -0.2) is 4.39 Å². The van der Waals surface area contributed by atoms with Crippen molar-refractivity contribution in [2.45, 2.75) is 29.6 Å². The van der Waals surface area contributed by atoms with E-state index in [1.54, 1.807) is 12.1 Å². The molecule has 0 radical (unpaired) electrons. The van der Waals surface area contributed by atoms with Crippen LogP contribution in [0.2, 0.25) is 0 Å². The maximum Gasteiger partial charge on any atom is 0.433 e. The Morgan fingerprint density at radius 3 is 2.59 bits per heavy atom. The van der Waals surface area contributed by atoms with Crippen LogP contribution in [0, 0.1) is 5.82 Å². The van der Waals surface area contributed by atoms with Crippen molar-refractivity contribution < 1.29 is 26.0 Å². The molecule has 0 saturated carbocycles. The number of benzene rings is 1. The number of hydrogen-bond donors (Lipinski definition) is 1. The van der Waals surface area contributed by atoms with Gasteiger partial charge < -0.3 is 0 Å². The molecule has 1 aromatic carbocycles. The van der Waals surface area contributed by atoms with Gasteiger partial charge in [-0.15, -0.1) is 0 Å². The number of hydrogen-bond acceptors (Lipinski definition) is 5. The molecule has 11 heteroatoms. The van der Waals surface area contributed by atoms with Gasteiger partial charge in [0, 0.05) is 29.8 Å². The van der Waals surface area contributed by atoms with Crippen molar-refractivity contribution in [2.24, 2.45) is 0 Å². The molecule has 2 atom stereocenters. The highest BCUT2D eigenvalue weighted by molar-refractivity contribution is 7.89. The van der Waals surface area contributed by atoms with Crippen LogP contribution in [0.1, 0.15) is 40.2 Å². The van der Waals surface area contributed by atoms with Crippen molar-refractivity contribution >= 4 is 10.0 Å². The third kappa shape index (κ3) is 2.60. The second-order valence-electron chi connectivity index (χ2n) is 6.87. The summed E-state index contributed by atoms with van der Waals surface area (Å²) in [5.41, 5.74) is 0.992. The van der Waals surface area contributed by atoms with Crippen molar-refractivity contribution in [1.29, 1.82) is 0 Å². The molecule has 0 saturated heterocycles. The average Bonchev–Trinajstić information content (AvgIpc) is 3.23. The van der Waals surface area contributed by atoms with Crippen LogP contribution >= 0.6 is 0 Å². The summed E-state index contributed by atoms with van der Waals surface area (Å²) < 4.78 is 79.2. The monoisotopic (exact) mass is 424 g/mol. The predicted molar refractivity (Wildman–Crippen MR) is 91.9 cm³/mol. The molecule has 5 rings (SSSR count). The van der Waals surface area contributed by atoms with E-state index in [9.17, 15) is 26.0 Å². The predicted octanol–water partition coefficient (Wildman–Crippen LogP) is 2.96. The van der Waals surface area contributed by atoms with Crippen LogP contribution in [-0.4, -0.2) is 22.6 Å². The molecule has 150 valence electrons. The first-order valence-corrected chi connectivity index (χ1v) is 10.0. The van der Waals surface area contributed by atoms with Gasteiger partial charge in [-0.1, -0.05) is 12.1 Å². The second kappa shape index (κ2) is 5.86. The molecule has 2 aromatic heterocycles. The zero-order chi connectivity index (χ0) is 20.6. The highest BCUT2D eigenvalue weighted by Gasteiger charge is 2.42. The zero-order valence-electron chi connectivity index (χ0n) is 14.5. The van der Waals surface area contributed by atoms with Gasteiger partial charge >= 0.3 is 6.18 Å². The van der Waals surface area contributed by atoms with Crippen LogP contribution in [0.4, 0.5) is 17.6 Å². The van der Waals surface area contributed by atoms with E-state index in [1.807, 2.05) is 0 Å². The minimum atomic E-state index is -4.67. The van der Waals surface area contributed by atoms with E-state index < -0.39 is 38.9 Å². The van der Waals surface area contributed by atoms with Gasteiger partial charge in [0.05, 0.1) is 17.9 Å². The molecule has 6 nitrogen and oxygen atoms in total. The van der Waals surface area contributed by atoms with E-state index >= 15 is 0 Å². The lowest BCUT2D eigenvalue weighted by Crippen LogP contribution is -2.29. The van der Waals surface area contributed by atoms with Crippen molar-refractivity contribution in [3.63, 3.8) is 0 Å². The Balaban J connectivity index is 1.57. The molecule has 2 aliphatic heterocycles. The summed E-state index contributed by atoms with van der Waals surface area (Å²) in [4.78, 5) is 2.81. The largest absolute Gasteiger partial charge is 0.433 e. The lowest BCUT2D eigenvalue weighted by molar-refractivity contribution is -0.141. The minimum Gasteiger partial charge on any atom is -0.299 e. The van der Waals surface area contributed by atoms with E-state index in [0.29, 0.717) is 29.1 Å². The molecular formula is C18H12F4N4O2S. The SMILES string of the molecule is O=S(=O)(c1ccc(C(F)(F)F)nc1)n1ncc2c1CC1NC2c2cccc(F)c21. The van der Waals surface area contributed by atoms with Gasteiger partial charge in [0.1, 0.15) is 16.4 Å². The summed E-state index contributed by atoms with van der Waals surface area (Å²) in [7, 11) is -4.26.